The number of hydrogen-bond donors (Lipinski definition) is 1. The number of rotatable bonds is 9. The molecule has 3 nitrogen and oxygen atoms in total. The predicted molar refractivity (Wildman–Crippen MR) is 105 cm³/mol. The summed E-state index contributed by atoms with van der Waals surface area (Å²) in [6, 6.07) is 22.9. The first-order valence-corrected chi connectivity index (χ1v) is 9.12. The normalized spacial score (nSPS) is 10.8. The van der Waals surface area contributed by atoms with Gasteiger partial charge in [-0.1, -0.05) is 55.0 Å². The second kappa shape index (κ2) is 9.04. The molecule has 0 saturated carbocycles. The topological polar surface area (TPSA) is 46.5 Å². The summed E-state index contributed by atoms with van der Waals surface area (Å²) in [7, 11) is 0. The first kappa shape index (κ1) is 18.0. The minimum absolute atomic E-state index is 0.265. The number of benzene rings is 3. The van der Waals surface area contributed by atoms with Crippen LogP contribution in [0.4, 0.5) is 0 Å². The molecule has 0 spiro atoms. The lowest BCUT2D eigenvalue weighted by atomic mass is 10.1. The lowest BCUT2D eigenvalue weighted by Crippen LogP contribution is -1.96. The molecule has 0 radical (unpaired) electrons. The van der Waals surface area contributed by atoms with Crippen molar-refractivity contribution in [2.24, 2.45) is 0 Å². The molecule has 0 saturated heterocycles. The van der Waals surface area contributed by atoms with E-state index >= 15 is 0 Å². The zero-order chi connectivity index (χ0) is 18.2. The Morgan fingerprint density at radius 1 is 0.808 bits per heavy atom. The minimum atomic E-state index is -0.710. The maximum absolute atomic E-state index is 10.5. The van der Waals surface area contributed by atoms with Gasteiger partial charge in [0.25, 0.3) is 0 Å². The minimum Gasteiger partial charge on any atom is -0.489 e. The number of ether oxygens (including phenoxy) is 1. The van der Waals surface area contributed by atoms with Crippen LogP contribution in [0.5, 0.6) is 5.75 Å². The van der Waals surface area contributed by atoms with Crippen molar-refractivity contribution in [1.29, 1.82) is 0 Å². The Hall–Kier alpha value is -2.81. The number of unbranched alkanes of at least 4 members (excludes halogenated alkanes) is 2. The highest BCUT2D eigenvalue weighted by atomic mass is 16.5. The number of carboxylic acid groups (broad SMARTS) is 1. The van der Waals surface area contributed by atoms with Gasteiger partial charge in [-0.25, -0.2) is 0 Å². The van der Waals surface area contributed by atoms with Crippen molar-refractivity contribution >= 4 is 16.7 Å². The first-order valence-electron chi connectivity index (χ1n) is 9.12. The summed E-state index contributed by atoms with van der Waals surface area (Å²) in [5.41, 5.74) is 2.42. The van der Waals surface area contributed by atoms with E-state index in [0.29, 0.717) is 6.61 Å². The van der Waals surface area contributed by atoms with Crippen LogP contribution in [0.1, 0.15) is 36.8 Å². The molecule has 0 heterocycles. The van der Waals surface area contributed by atoms with Gasteiger partial charge in [-0.05, 0) is 59.4 Å². The molecule has 26 heavy (non-hydrogen) atoms. The van der Waals surface area contributed by atoms with Crippen LogP contribution in [-0.4, -0.2) is 11.1 Å². The second-order valence-corrected chi connectivity index (χ2v) is 6.57. The largest absolute Gasteiger partial charge is 0.489 e. The summed E-state index contributed by atoms with van der Waals surface area (Å²) < 4.78 is 5.90. The molecular weight excluding hydrogens is 324 g/mol. The van der Waals surface area contributed by atoms with E-state index < -0.39 is 5.97 Å². The van der Waals surface area contributed by atoms with Gasteiger partial charge in [0.2, 0.25) is 0 Å². The van der Waals surface area contributed by atoms with E-state index in [1.807, 2.05) is 24.3 Å². The molecule has 1 N–H and O–H groups in total. The standard InChI is InChI=1S/C23H24O3/c24-23(25)9-3-1-2-6-18-11-14-22(15-12-18)26-17-19-10-13-20-7-4-5-8-21(20)16-19/h4-5,7-8,10-16H,1-3,6,9,17H2,(H,24,25). The number of hydrogen-bond acceptors (Lipinski definition) is 2. The van der Waals surface area contributed by atoms with Crippen LogP contribution in [-0.2, 0) is 17.8 Å². The third-order valence-electron chi connectivity index (χ3n) is 4.50. The molecule has 0 unspecified atom stereocenters. The molecule has 0 bridgehead atoms. The summed E-state index contributed by atoms with van der Waals surface area (Å²) in [5, 5.41) is 11.1. The quantitative estimate of drug-likeness (QED) is 0.512. The van der Waals surface area contributed by atoms with Crippen molar-refractivity contribution in [1.82, 2.24) is 0 Å². The van der Waals surface area contributed by atoms with Gasteiger partial charge in [0.15, 0.2) is 0 Å². The van der Waals surface area contributed by atoms with Gasteiger partial charge in [0, 0.05) is 6.42 Å². The van der Waals surface area contributed by atoms with Crippen molar-refractivity contribution in [3.8, 4) is 5.75 Å². The maximum atomic E-state index is 10.5. The monoisotopic (exact) mass is 348 g/mol. The highest BCUT2D eigenvalue weighted by Gasteiger charge is 2.01. The predicted octanol–water partition coefficient (Wildman–Crippen LogP) is 5.61. The highest BCUT2D eigenvalue weighted by molar-refractivity contribution is 5.82. The SMILES string of the molecule is O=C(O)CCCCCc1ccc(OCc2ccc3ccccc3c2)cc1. The van der Waals surface area contributed by atoms with Crippen LogP contribution in [0, 0.1) is 0 Å². The van der Waals surface area contributed by atoms with Crippen LogP contribution in [0.25, 0.3) is 10.8 Å². The zero-order valence-electron chi connectivity index (χ0n) is 14.9. The van der Waals surface area contributed by atoms with E-state index in [-0.39, 0.29) is 6.42 Å². The van der Waals surface area contributed by atoms with Crippen molar-refractivity contribution < 1.29 is 14.6 Å². The van der Waals surface area contributed by atoms with Crippen LogP contribution >= 0.6 is 0 Å². The van der Waals surface area contributed by atoms with Crippen molar-refractivity contribution in [3.05, 3.63) is 77.9 Å². The van der Waals surface area contributed by atoms with Gasteiger partial charge < -0.3 is 9.84 Å². The third kappa shape index (κ3) is 5.35. The summed E-state index contributed by atoms with van der Waals surface area (Å²) in [4.78, 5) is 10.5. The molecule has 0 amide bonds. The lowest BCUT2D eigenvalue weighted by Gasteiger charge is -2.08. The smallest absolute Gasteiger partial charge is 0.303 e. The molecule has 3 heteroatoms. The van der Waals surface area contributed by atoms with Gasteiger partial charge in [-0.3, -0.25) is 4.79 Å². The number of carboxylic acids is 1. The highest BCUT2D eigenvalue weighted by Crippen LogP contribution is 2.19. The summed E-state index contributed by atoms with van der Waals surface area (Å²) in [6.45, 7) is 0.555. The summed E-state index contributed by atoms with van der Waals surface area (Å²) in [5.74, 6) is 0.158. The fraction of sp³-hybridized carbons (Fsp3) is 0.261. The van der Waals surface area contributed by atoms with Gasteiger partial charge in [0.1, 0.15) is 12.4 Å². The van der Waals surface area contributed by atoms with Crippen molar-refractivity contribution in [2.45, 2.75) is 38.7 Å². The van der Waals surface area contributed by atoms with Gasteiger partial charge in [-0.2, -0.15) is 0 Å². The molecular formula is C23H24O3. The Kier molecular flexibility index (Phi) is 6.26. The van der Waals surface area contributed by atoms with E-state index in [9.17, 15) is 4.79 Å². The van der Waals surface area contributed by atoms with Gasteiger partial charge >= 0.3 is 5.97 Å². The van der Waals surface area contributed by atoms with Gasteiger partial charge in [0.05, 0.1) is 0 Å². The molecule has 0 aromatic heterocycles. The number of fused-ring (bicyclic) bond motifs is 1. The fourth-order valence-electron chi connectivity index (χ4n) is 3.03. The molecule has 3 aromatic rings. The van der Waals surface area contributed by atoms with Crippen LogP contribution in [0.3, 0.4) is 0 Å². The Balaban J connectivity index is 1.47. The maximum Gasteiger partial charge on any atom is 0.303 e. The average molecular weight is 348 g/mol. The molecule has 0 atom stereocenters. The van der Waals surface area contributed by atoms with Gasteiger partial charge in [-0.15, -0.1) is 0 Å². The lowest BCUT2D eigenvalue weighted by molar-refractivity contribution is -0.137. The molecule has 0 aliphatic heterocycles. The summed E-state index contributed by atoms with van der Waals surface area (Å²) in [6.07, 6.45) is 3.96. The van der Waals surface area contributed by atoms with E-state index in [2.05, 4.69) is 42.5 Å². The molecule has 3 aromatic carbocycles. The van der Waals surface area contributed by atoms with Crippen LogP contribution in [0.15, 0.2) is 66.7 Å². The molecule has 0 aliphatic carbocycles. The zero-order valence-corrected chi connectivity index (χ0v) is 14.9. The molecule has 0 fully saturated rings. The Labute approximate surface area is 154 Å². The molecule has 3 rings (SSSR count). The number of aryl methyl sites for hydroxylation is 1. The van der Waals surface area contributed by atoms with Crippen LogP contribution < -0.4 is 4.74 Å². The van der Waals surface area contributed by atoms with E-state index in [1.165, 1.54) is 16.3 Å². The first-order chi connectivity index (χ1) is 12.7. The Morgan fingerprint density at radius 2 is 1.54 bits per heavy atom. The number of aliphatic carboxylic acids is 1. The molecule has 134 valence electrons. The second-order valence-electron chi connectivity index (χ2n) is 6.57. The average Bonchev–Trinajstić information content (AvgIpc) is 2.66. The van der Waals surface area contributed by atoms with E-state index in [1.54, 1.807) is 0 Å². The molecule has 0 aliphatic rings. The van der Waals surface area contributed by atoms with Crippen molar-refractivity contribution in [2.75, 3.05) is 0 Å². The van der Waals surface area contributed by atoms with E-state index in [0.717, 1.165) is 37.0 Å². The number of carbonyl (C=O) groups is 1. The Morgan fingerprint density at radius 3 is 2.31 bits per heavy atom. The van der Waals surface area contributed by atoms with Crippen LogP contribution in [0.2, 0.25) is 0 Å². The Bertz CT molecular complexity index is 853. The summed E-state index contributed by atoms with van der Waals surface area (Å²) >= 11 is 0. The third-order valence-corrected chi connectivity index (χ3v) is 4.50. The van der Waals surface area contributed by atoms with E-state index in [4.69, 9.17) is 9.84 Å². The van der Waals surface area contributed by atoms with Crippen molar-refractivity contribution in [3.63, 3.8) is 0 Å². The fourth-order valence-corrected chi connectivity index (χ4v) is 3.03.